The summed E-state index contributed by atoms with van der Waals surface area (Å²) in [4.78, 5) is 2.42. The molecular formula is C58H39NO. The summed E-state index contributed by atoms with van der Waals surface area (Å²) in [7, 11) is 0. The molecule has 282 valence electrons. The van der Waals surface area contributed by atoms with Crippen LogP contribution in [0, 0.1) is 0 Å². The summed E-state index contributed by atoms with van der Waals surface area (Å²) < 4.78 is 6.68. The van der Waals surface area contributed by atoms with E-state index in [2.05, 4.69) is 235 Å². The molecule has 0 aliphatic heterocycles. The Balaban J connectivity index is 1.16. The topological polar surface area (TPSA) is 16.4 Å². The molecule has 0 amide bonds. The standard InChI is InChI=1S/C58H39NO/c1-4-17-40(18-5-1)42-31-33-46(34-32-42)59(55-29-14-12-27-51(55)49-26-11-10-25-48(49)43-21-8-3-9-22-43)47-35-36-50-53(45-24-16-23-44(37-45)41-19-6-2-7-20-41)39-57-58(54(50)38-47)52-28-13-15-30-56(52)60-57/h1-39H. The van der Waals surface area contributed by atoms with Crippen LogP contribution in [0.15, 0.2) is 241 Å². The zero-order chi connectivity index (χ0) is 39.8. The molecule has 0 aliphatic rings. The van der Waals surface area contributed by atoms with Gasteiger partial charge in [0.05, 0.1) is 5.69 Å². The van der Waals surface area contributed by atoms with Crippen molar-refractivity contribution < 1.29 is 4.42 Å². The second-order valence-corrected chi connectivity index (χ2v) is 15.2. The van der Waals surface area contributed by atoms with E-state index >= 15 is 0 Å². The maximum absolute atomic E-state index is 6.68. The Hall–Kier alpha value is -7.94. The van der Waals surface area contributed by atoms with Crippen molar-refractivity contribution in [1.82, 2.24) is 0 Å². The average molecular weight is 766 g/mol. The zero-order valence-corrected chi connectivity index (χ0v) is 32.9. The normalized spacial score (nSPS) is 11.3. The highest BCUT2D eigenvalue weighted by atomic mass is 16.3. The summed E-state index contributed by atoms with van der Waals surface area (Å²) in [5, 5.41) is 4.54. The van der Waals surface area contributed by atoms with Gasteiger partial charge in [-0.3, -0.25) is 0 Å². The fourth-order valence-corrected chi connectivity index (χ4v) is 8.85. The number of fused-ring (bicyclic) bond motifs is 5. The van der Waals surface area contributed by atoms with Crippen molar-refractivity contribution in [1.29, 1.82) is 0 Å². The van der Waals surface area contributed by atoms with Gasteiger partial charge in [0.1, 0.15) is 11.2 Å². The highest BCUT2D eigenvalue weighted by Crippen LogP contribution is 2.47. The number of benzene rings is 10. The quantitative estimate of drug-likeness (QED) is 0.153. The van der Waals surface area contributed by atoms with Crippen molar-refractivity contribution >= 4 is 49.8 Å². The summed E-state index contributed by atoms with van der Waals surface area (Å²) in [6.45, 7) is 0. The van der Waals surface area contributed by atoms with Crippen LogP contribution in [0.1, 0.15) is 0 Å². The molecule has 0 spiro atoms. The molecular weight excluding hydrogens is 727 g/mol. The van der Waals surface area contributed by atoms with Crippen LogP contribution >= 0.6 is 0 Å². The molecule has 0 fully saturated rings. The van der Waals surface area contributed by atoms with E-state index in [-0.39, 0.29) is 0 Å². The lowest BCUT2D eigenvalue weighted by molar-refractivity contribution is 0.669. The van der Waals surface area contributed by atoms with Crippen LogP contribution in [0.3, 0.4) is 0 Å². The first-order valence-electron chi connectivity index (χ1n) is 20.5. The SMILES string of the molecule is c1ccc(-c2ccc(N(c3ccc4c(-c5cccc(-c6ccccc6)c5)cc5oc6ccccc6c5c4c3)c3ccccc3-c3ccccc3-c3ccccc3)cc2)cc1. The molecule has 1 heterocycles. The first-order valence-corrected chi connectivity index (χ1v) is 20.5. The van der Waals surface area contributed by atoms with Crippen LogP contribution in [0.4, 0.5) is 17.1 Å². The van der Waals surface area contributed by atoms with Gasteiger partial charge in [-0.15, -0.1) is 0 Å². The van der Waals surface area contributed by atoms with E-state index in [4.69, 9.17) is 4.42 Å². The Bertz CT molecular complexity index is 3290. The minimum atomic E-state index is 0.872. The molecule has 1 aromatic heterocycles. The van der Waals surface area contributed by atoms with Crippen LogP contribution in [0.25, 0.3) is 88.3 Å². The molecule has 0 N–H and O–H groups in total. The van der Waals surface area contributed by atoms with Gasteiger partial charge in [0.25, 0.3) is 0 Å². The van der Waals surface area contributed by atoms with Gasteiger partial charge >= 0.3 is 0 Å². The van der Waals surface area contributed by atoms with E-state index < -0.39 is 0 Å². The van der Waals surface area contributed by atoms with Crippen LogP contribution in [0.2, 0.25) is 0 Å². The molecule has 11 aromatic rings. The van der Waals surface area contributed by atoms with Crippen LogP contribution in [0.5, 0.6) is 0 Å². The van der Waals surface area contributed by atoms with Gasteiger partial charge in [0, 0.05) is 27.7 Å². The average Bonchev–Trinajstić information content (AvgIpc) is 3.72. The van der Waals surface area contributed by atoms with Gasteiger partial charge in [-0.25, -0.2) is 0 Å². The molecule has 0 saturated carbocycles. The predicted molar refractivity (Wildman–Crippen MR) is 253 cm³/mol. The van der Waals surface area contributed by atoms with Crippen molar-refractivity contribution in [3.05, 3.63) is 237 Å². The molecule has 10 aromatic carbocycles. The first kappa shape index (κ1) is 35.2. The minimum Gasteiger partial charge on any atom is -0.456 e. The van der Waals surface area contributed by atoms with Crippen molar-refractivity contribution in [3.63, 3.8) is 0 Å². The van der Waals surface area contributed by atoms with E-state index in [1.165, 1.54) is 44.3 Å². The Morgan fingerprint density at radius 2 is 0.817 bits per heavy atom. The third-order valence-corrected chi connectivity index (χ3v) is 11.7. The summed E-state index contributed by atoms with van der Waals surface area (Å²) in [5.74, 6) is 0. The second kappa shape index (κ2) is 15.1. The first-order chi connectivity index (χ1) is 29.8. The zero-order valence-electron chi connectivity index (χ0n) is 32.9. The molecule has 0 saturated heterocycles. The van der Waals surface area contributed by atoms with Gasteiger partial charge in [-0.1, -0.05) is 188 Å². The van der Waals surface area contributed by atoms with E-state index in [0.717, 1.165) is 61.1 Å². The maximum Gasteiger partial charge on any atom is 0.136 e. The number of anilines is 3. The highest BCUT2D eigenvalue weighted by Gasteiger charge is 2.22. The van der Waals surface area contributed by atoms with Gasteiger partial charge in [-0.05, 0) is 109 Å². The Morgan fingerprint density at radius 1 is 0.267 bits per heavy atom. The van der Waals surface area contributed by atoms with Crippen molar-refractivity contribution in [2.75, 3.05) is 4.90 Å². The molecule has 0 aliphatic carbocycles. The summed E-state index contributed by atoms with van der Waals surface area (Å²) in [6.07, 6.45) is 0. The molecule has 11 rings (SSSR count). The lowest BCUT2D eigenvalue weighted by Crippen LogP contribution is -2.11. The molecule has 60 heavy (non-hydrogen) atoms. The number of rotatable bonds is 8. The van der Waals surface area contributed by atoms with E-state index in [1.54, 1.807) is 0 Å². The molecule has 0 bridgehead atoms. The largest absolute Gasteiger partial charge is 0.456 e. The second-order valence-electron chi connectivity index (χ2n) is 15.2. The number of hydrogen-bond donors (Lipinski definition) is 0. The number of nitrogens with zero attached hydrogens (tertiary/aromatic N) is 1. The van der Waals surface area contributed by atoms with E-state index in [9.17, 15) is 0 Å². The van der Waals surface area contributed by atoms with Gasteiger partial charge in [0.2, 0.25) is 0 Å². The molecule has 0 atom stereocenters. The molecule has 0 radical (unpaired) electrons. The van der Waals surface area contributed by atoms with Gasteiger partial charge in [-0.2, -0.15) is 0 Å². The Kier molecular flexibility index (Phi) is 8.87. The van der Waals surface area contributed by atoms with Gasteiger partial charge in [0.15, 0.2) is 0 Å². The third kappa shape index (κ3) is 6.32. The molecule has 2 heteroatoms. The number of para-hydroxylation sites is 2. The predicted octanol–water partition coefficient (Wildman–Crippen LogP) is 16.5. The third-order valence-electron chi connectivity index (χ3n) is 11.7. The maximum atomic E-state index is 6.68. The number of hydrogen-bond acceptors (Lipinski definition) is 2. The van der Waals surface area contributed by atoms with Crippen molar-refractivity contribution in [2.45, 2.75) is 0 Å². The Labute approximate surface area is 349 Å². The summed E-state index contributed by atoms with van der Waals surface area (Å²) in [5.41, 5.74) is 16.7. The number of furan rings is 1. The highest BCUT2D eigenvalue weighted by molar-refractivity contribution is 6.23. The molecule has 2 nitrogen and oxygen atoms in total. The summed E-state index contributed by atoms with van der Waals surface area (Å²) >= 11 is 0. The van der Waals surface area contributed by atoms with Gasteiger partial charge < -0.3 is 9.32 Å². The van der Waals surface area contributed by atoms with Crippen molar-refractivity contribution in [2.24, 2.45) is 0 Å². The monoisotopic (exact) mass is 765 g/mol. The summed E-state index contributed by atoms with van der Waals surface area (Å²) in [6, 6.07) is 84.8. The van der Waals surface area contributed by atoms with Crippen molar-refractivity contribution in [3.8, 4) is 55.6 Å². The van der Waals surface area contributed by atoms with Crippen LogP contribution in [-0.4, -0.2) is 0 Å². The fraction of sp³-hybridized carbons (Fsp3) is 0. The molecule has 0 unspecified atom stereocenters. The minimum absolute atomic E-state index is 0.872. The van der Waals surface area contributed by atoms with Crippen LogP contribution < -0.4 is 4.90 Å². The van der Waals surface area contributed by atoms with Crippen LogP contribution in [-0.2, 0) is 0 Å². The Morgan fingerprint density at radius 3 is 1.57 bits per heavy atom. The fourth-order valence-electron chi connectivity index (χ4n) is 8.85. The smallest absolute Gasteiger partial charge is 0.136 e. The van der Waals surface area contributed by atoms with E-state index in [1.807, 2.05) is 6.07 Å². The lowest BCUT2D eigenvalue weighted by Gasteiger charge is -2.29. The lowest BCUT2D eigenvalue weighted by atomic mass is 9.92. The van der Waals surface area contributed by atoms with E-state index in [0.29, 0.717) is 0 Å².